The van der Waals surface area contributed by atoms with Crippen molar-refractivity contribution in [2.45, 2.75) is 19.9 Å². The number of nitrogens with zero attached hydrogens (tertiary/aromatic N) is 1. The Hall–Kier alpha value is -2.18. The molecule has 0 radical (unpaired) electrons. The van der Waals surface area contributed by atoms with Crippen molar-refractivity contribution in [3.05, 3.63) is 58.1 Å². The van der Waals surface area contributed by atoms with Gasteiger partial charge in [0.05, 0.1) is 6.07 Å². The number of rotatable bonds is 3. The van der Waals surface area contributed by atoms with E-state index in [0.29, 0.717) is 5.02 Å². The van der Waals surface area contributed by atoms with Crippen molar-refractivity contribution >= 4 is 17.3 Å². The van der Waals surface area contributed by atoms with Crippen molar-refractivity contribution in [1.29, 1.82) is 5.26 Å². The molecule has 0 spiro atoms. The van der Waals surface area contributed by atoms with Crippen molar-refractivity contribution in [2.24, 2.45) is 0 Å². The van der Waals surface area contributed by atoms with Gasteiger partial charge < -0.3 is 10.4 Å². The fraction of sp³-hybridized carbons (Fsp3) is 0.188. The van der Waals surface area contributed by atoms with E-state index < -0.39 is 6.04 Å². The highest BCUT2D eigenvalue weighted by Crippen LogP contribution is 2.28. The first-order valence-corrected chi connectivity index (χ1v) is 6.61. The van der Waals surface area contributed by atoms with Gasteiger partial charge in [0.1, 0.15) is 11.8 Å². The van der Waals surface area contributed by atoms with E-state index in [4.69, 9.17) is 11.6 Å². The van der Waals surface area contributed by atoms with Gasteiger partial charge in [0, 0.05) is 10.7 Å². The SMILES string of the molecule is Cc1cc(C(C#N)Nc2ccc(Cl)cc2)cc(C)c1O. The molecule has 0 saturated heterocycles. The van der Waals surface area contributed by atoms with E-state index in [1.165, 1.54) is 0 Å². The van der Waals surface area contributed by atoms with Gasteiger partial charge in [-0.3, -0.25) is 0 Å². The van der Waals surface area contributed by atoms with E-state index in [0.717, 1.165) is 22.4 Å². The average Bonchev–Trinajstić information content (AvgIpc) is 2.43. The van der Waals surface area contributed by atoms with Crippen LogP contribution < -0.4 is 5.32 Å². The van der Waals surface area contributed by atoms with Crippen LogP contribution in [0.5, 0.6) is 5.75 Å². The summed E-state index contributed by atoms with van der Waals surface area (Å²) < 4.78 is 0. The predicted molar refractivity (Wildman–Crippen MR) is 81.0 cm³/mol. The zero-order valence-electron chi connectivity index (χ0n) is 11.3. The molecule has 2 N–H and O–H groups in total. The first-order valence-electron chi connectivity index (χ1n) is 6.23. The summed E-state index contributed by atoms with van der Waals surface area (Å²) in [5, 5.41) is 22.9. The molecule has 0 heterocycles. The normalized spacial score (nSPS) is 11.7. The Bertz CT molecular complexity index is 636. The molecule has 0 aromatic heterocycles. The lowest BCUT2D eigenvalue weighted by Crippen LogP contribution is -2.09. The molecular formula is C16H15ClN2O. The Morgan fingerprint density at radius 3 is 2.20 bits per heavy atom. The van der Waals surface area contributed by atoms with Crippen LogP contribution in [0.4, 0.5) is 5.69 Å². The molecule has 0 fully saturated rings. The lowest BCUT2D eigenvalue weighted by molar-refractivity contribution is 0.466. The highest BCUT2D eigenvalue weighted by Gasteiger charge is 2.13. The summed E-state index contributed by atoms with van der Waals surface area (Å²) in [6.07, 6.45) is 0. The molecular weight excluding hydrogens is 272 g/mol. The number of anilines is 1. The summed E-state index contributed by atoms with van der Waals surface area (Å²) in [5.74, 6) is 0.275. The smallest absolute Gasteiger partial charge is 0.140 e. The van der Waals surface area contributed by atoms with Gasteiger partial charge >= 0.3 is 0 Å². The van der Waals surface area contributed by atoms with E-state index in [1.807, 2.05) is 38.1 Å². The molecule has 2 aromatic carbocycles. The maximum atomic E-state index is 9.79. The molecule has 0 amide bonds. The number of phenolic OH excluding ortho intramolecular Hbond substituents is 1. The maximum Gasteiger partial charge on any atom is 0.140 e. The van der Waals surface area contributed by atoms with Crippen LogP contribution in [0.1, 0.15) is 22.7 Å². The third-order valence-corrected chi connectivity index (χ3v) is 3.38. The van der Waals surface area contributed by atoms with Gasteiger partial charge in [-0.1, -0.05) is 11.6 Å². The molecule has 0 aliphatic carbocycles. The molecule has 1 unspecified atom stereocenters. The van der Waals surface area contributed by atoms with Gasteiger partial charge in [-0.2, -0.15) is 5.26 Å². The standard InChI is InChI=1S/C16H15ClN2O/c1-10-7-12(8-11(2)16(10)20)15(9-18)19-14-5-3-13(17)4-6-14/h3-8,15,19-20H,1-2H3. The minimum absolute atomic E-state index is 0.275. The summed E-state index contributed by atoms with van der Waals surface area (Å²) in [5.41, 5.74) is 3.18. The van der Waals surface area contributed by atoms with Crippen molar-refractivity contribution in [3.8, 4) is 11.8 Å². The summed E-state index contributed by atoms with van der Waals surface area (Å²) in [4.78, 5) is 0. The third-order valence-electron chi connectivity index (χ3n) is 3.13. The van der Waals surface area contributed by atoms with Crippen LogP contribution in [0.15, 0.2) is 36.4 Å². The Kier molecular flexibility index (Phi) is 4.16. The largest absolute Gasteiger partial charge is 0.507 e. The summed E-state index contributed by atoms with van der Waals surface area (Å²) >= 11 is 5.84. The summed E-state index contributed by atoms with van der Waals surface area (Å²) in [7, 11) is 0. The summed E-state index contributed by atoms with van der Waals surface area (Å²) in [6.45, 7) is 3.64. The number of phenols is 1. The molecule has 3 nitrogen and oxygen atoms in total. The van der Waals surface area contributed by atoms with Crippen LogP contribution >= 0.6 is 11.6 Å². The first kappa shape index (κ1) is 14.2. The number of nitriles is 1. The molecule has 2 rings (SSSR count). The molecule has 4 heteroatoms. The molecule has 20 heavy (non-hydrogen) atoms. The van der Waals surface area contributed by atoms with Gasteiger partial charge in [0.2, 0.25) is 0 Å². The Labute approximate surface area is 123 Å². The molecule has 2 aromatic rings. The minimum Gasteiger partial charge on any atom is -0.507 e. The molecule has 0 aliphatic heterocycles. The number of hydrogen-bond acceptors (Lipinski definition) is 3. The number of halogens is 1. The zero-order chi connectivity index (χ0) is 14.7. The fourth-order valence-electron chi connectivity index (χ4n) is 2.06. The maximum absolute atomic E-state index is 9.79. The Morgan fingerprint density at radius 1 is 1.15 bits per heavy atom. The van der Waals surface area contributed by atoms with Gasteiger partial charge in [-0.25, -0.2) is 0 Å². The van der Waals surface area contributed by atoms with Crippen LogP contribution in [0.3, 0.4) is 0 Å². The molecule has 0 bridgehead atoms. The number of hydrogen-bond donors (Lipinski definition) is 2. The lowest BCUT2D eigenvalue weighted by atomic mass is 10.0. The van der Waals surface area contributed by atoms with E-state index in [-0.39, 0.29) is 5.75 Å². The molecule has 0 saturated carbocycles. The number of aryl methyl sites for hydroxylation is 2. The number of benzene rings is 2. The van der Waals surface area contributed by atoms with Crippen molar-refractivity contribution in [2.75, 3.05) is 5.32 Å². The number of aromatic hydroxyl groups is 1. The van der Waals surface area contributed by atoms with Crippen molar-refractivity contribution in [3.63, 3.8) is 0 Å². The Morgan fingerprint density at radius 2 is 1.70 bits per heavy atom. The van der Waals surface area contributed by atoms with Crippen LogP contribution in [-0.2, 0) is 0 Å². The van der Waals surface area contributed by atoms with Gasteiger partial charge in [0.25, 0.3) is 0 Å². The lowest BCUT2D eigenvalue weighted by Gasteiger charge is -2.15. The first-order chi connectivity index (χ1) is 9.51. The van der Waals surface area contributed by atoms with Gasteiger partial charge in [0.15, 0.2) is 0 Å². The second-order valence-electron chi connectivity index (χ2n) is 4.72. The highest BCUT2D eigenvalue weighted by atomic mass is 35.5. The molecule has 1 atom stereocenters. The predicted octanol–water partition coefficient (Wildman–Crippen LogP) is 4.34. The molecule has 0 aliphatic rings. The van der Waals surface area contributed by atoms with E-state index in [2.05, 4.69) is 11.4 Å². The van der Waals surface area contributed by atoms with E-state index >= 15 is 0 Å². The molecule has 102 valence electrons. The highest BCUT2D eigenvalue weighted by molar-refractivity contribution is 6.30. The minimum atomic E-state index is -0.478. The van der Waals surface area contributed by atoms with Crippen LogP contribution in [-0.4, -0.2) is 5.11 Å². The quantitative estimate of drug-likeness (QED) is 0.882. The monoisotopic (exact) mass is 286 g/mol. The Balaban J connectivity index is 2.29. The third kappa shape index (κ3) is 3.04. The average molecular weight is 287 g/mol. The van der Waals surface area contributed by atoms with Gasteiger partial charge in [-0.15, -0.1) is 0 Å². The van der Waals surface area contributed by atoms with Crippen molar-refractivity contribution < 1.29 is 5.11 Å². The van der Waals surface area contributed by atoms with E-state index in [9.17, 15) is 10.4 Å². The summed E-state index contributed by atoms with van der Waals surface area (Å²) in [6, 6.07) is 12.6. The van der Waals surface area contributed by atoms with Crippen molar-refractivity contribution in [1.82, 2.24) is 0 Å². The fourth-order valence-corrected chi connectivity index (χ4v) is 2.18. The number of nitrogens with one attached hydrogen (secondary N) is 1. The topological polar surface area (TPSA) is 56.0 Å². The van der Waals surface area contributed by atoms with E-state index in [1.54, 1.807) is 12.1 Å². The van der Waals surface area contributed by atoms with Gasteiger partial charge in [-0.05, 0) is 66.9 Å². The second-order valence-corrected chi connectivity index (χ2v) is 5.15. The van der Waals surface area contributed by atoms with Crippen LogP contribution in [0, 0.1) is 25.2 Å². The second kappa shape index (κ2) is 5.85. The zero-order valence-corrected chi connectivity index (χ0v) is 12.1. The van der Waals surface area contributed by atoms with Crippen LogP contribution in [0.2, 0.25) is 5.02 Å². The van der Waals surface area contributed by atoms with Crippen LogP contribution in [0.25, 0.3) is 0 Å².